The highest BCUT2D eigenvalue weighted by Crippen LogP contribution is 2.53. The van der Waals surface area contributed by atoms with E-state index in [-0.39, 0.29) is 12.2 Å². The number of aliphatic hydroxyl groups is 1. The molecule has 0 fully saturated rings. The van der Waals surface area contributed by atoms with Crippen molar-refractivity contribution in [1.82, 2.24) is 0 Å². The molecule has 5 nitrogen and oxygen atoms in total. The number of fused-ring (bicyclic) bond motifs is 3. The number of ether oxygens (including phenoxy) is 4. The largest absolute Gasteiger partial charge is 0.491 e. The molecule has 0 bridgehead atoms. The quantitative estimate of drug-likeness (QED) is 0.323. The lowest BCUT2D eigenvalue weighted by molar-refractivity contribution is 0.00907. The van der Waals surface area contributed by atoms with Gasteiger partial charge in [-0.25, -0.2) is 0 Å². The lowest BCUT2D eigenvalue weighted by Crippen LogP contribution is -2.45. The first kappa shape index (κ1) is 25.1. The Morgan fingerprint density at radius 3 is 2.56 bits per heavy atom. The first-order chi connectivity index (χ1) is 15.5. The molecule has 3 rings (SSSR count). The fourth-order valence-corrected chi connectivity index (χ4v) is 5.00. The maximum absolute atomic E-state index is 8.75. The fourth-order valence-electron chi connectivity index (χ4n) is 5.00. The molecule has 1 aromatic carbocycles. The molecule has 0 unspecified atom stereocenters. The summed E-state index contributed by atoms with van der Waals surface area (Å²) < 4.78 is 23.8. The number of rotatable bonds is 13. The second-order valence-electron chi connectivity index (χ2n) is 9.65. The number of allylic oxidation sites excluding steroid dienone is 2. The summed E-state index contributed by atoms with van der Waals surface area (Å²) in [6.45, 7) is 11.3. The van der Waals surface area contributed by atoms with Gasteiger partial charge in [-0.05, 0) is 64.2 Å². The zero-order chi connectivity index (χ0) is 23.0. The Hall–Kier alpha value is -1.56. The third-order valence-electron chi connectivity index (χ3n) is 6.67. The van der Waals surface area contributed by atoms with Crippen molar-refractivity contribution in [1.29, 1.82) is 0 Å². The van der Waals surface area contributed by atoms with Crippen LogP contribution >= 0.6 is 0 Å². The molecule has 1 aromatic rings. The highest BCUT2D eigenvalue weighted by atomic mass is 16.5. The summed E-state index contributed by atoms with van der Waals surface area (Å²) in [4.78, 5) is 0. The molecule has 180 valence electrons. The van der Waals surface area contributed by atoms with Crippen LogP contribution in [-0.4, -0.2) is 50.3 Å². The molecular formula is C27H42O5. The second-order valence-corrected chi connectivity index (χ2v) is 9.65. The summed E-state index contributed by atoms with van der Waals surface area (Å²) in [5.74, 6) is 2.72. The number of benzene rings is 1. The van der Waals surface area contributed by atoms with Gasteiger partial charge in [0.05, 0.1) is 33.0 Å². The predicted octanol–water partition coefficient (Wildman–Crippen LogP) is 5.43. The van der Waals surface area contributed by atoms with E-state index in [1.54, 1.807) is 0 Å². The Morgan fingerprint density at radius 2 is 1.81 bits per heavy atom. The molecule has 0 saturated carbocycles. The van der Waals surface area contributed by atoms with E-state index in [0.29, 0.717) is 44.9 Å². The minimum atomic E-state index is -0.189. The molecule has 0 aromatic heterocycles. The van der Waals surface area contributed by atoms with Gasteiger partial charge in [-0.1, -0.05) is 31.4 Å². The van der Waals surface area contributed by atoms with Crippen molar-refractivity contribution in [2.24, 2.45) is 5.92 Å². The molecule has 2 aliphatic rings. The third-order valence-corrected chi connectivity index (χ3v) is 6.67. The van der Waals surface area contributed by atoms with Gasteiger partial charge in [-0.3, -0.25) is 0 Å². The van der Waals surface area contributed by atoms with Crippen LogP contribution in [0.2, 0.25) is 0 Å². The van der Waals surface area contributed by atoms with Crippen molar-refractivity contribution >= 4 is 0 Å². The zero-order valence-corrected chi connectivity index (χ0v) is 20.5. The Labute approximate surface area is 194 Å². The third kappa shape index (κ3) is 6.49. The molecule has 0 radical (unpaired) electrons. The van der Waals surface area contributed by atoms with Crippen molar-refractivity contribution in [3.63, 3.8) is 0 Å². The van der Waals surface area contributed by atoms with Crippen LogP contribution in [-0.2, 0) is 15.9 Å². The van der Waals surface area contributed by atoms with E-state index >= 15 is 0 Å². The van der Waals surface area contributed by atoms with Crippen LogP contribution in [0.15, 0.2) is 23.8 Å². The van der Waals surface area contributed by atoms with Gasteiger partial charge in [0, 0.05) is 17.4 Å². The molecule has 1 aliphatic carbocycles. The van der Waals surface area contributed by atoms with Gasteiger partial charge in [0.1, 0.15) is 23.7 Å². The van der Waals surface area contributed by atoms with Crippen molar-refractivity contribution in [3.8, 4) is 11.5 Å². The molecule has 0 spiro atoms. The summed E-state index contributed by atoms with van der Waals surface area (Å²) >= 11 is 0. The normalized spacial score (nSPS) is 21.3. The lowest BCUT2D eigenvalue weighted by atomic mass is 9.68. The average molecular weight is 447 g/mol. The van der Waals surface area contributed by atoms with E-state index < -0.39 is 0 Å². The van der Waals surface area contributed by atoms with Crippen LogP contribution in [0.4, 0.5) is 0 Å². The smallest absolute Gasteiger partial charge is 0.127 e. The fraction of sp³-hybridized carbons (Fsp3) is 0.704. The van der Waals surface area contributed by atoms with Crippen molar-refractivity contribution in [2.45, 2.75) is 77.7 Å². The first-order valence-electron chi connectivity index (χ1n) is 12.4. The minimum Gasteiger partial charge on any atom is -0.491 e. The van der Waals surface area contributed by atoms with E-state index in [4.69, 9.17) is 24.1 Å². The monoisotopic (exact) mass is 446 g/mol. The average Bonchev–Trinajstić information content (AvgIpc) is 2.75. The van der Waals surface area contributed by atoms with Crippen LogP contribution in [0.5, 0.6) is 11.5 Å². The SMILES string of the molecule is CCCCCc1cc(OCCOCCOCCO)c2c(c1)OC(C)(C)[C@@H]1CCC(C)=C[C@@H]21. The van der Waals surface area contributed by atoms with Gasteiger partial charge in [0.2, 0.25) is 0 Å². The number of aliphatic hydroxyl groups excluding tert-OH is 1. The van der Waals surface area contributed by atoms with Gasteiger partial charge in [0.25, 0.3) is 0 Å². The molecule has 32 heavy (non-hydrogen) atoms. The Morgan fingerprint density at radius 1 is 1.06 bits per heavy atom. The molecule has 2 atom stereocenters. The number of hydrogen-bond acceptors (Lipinski definition) is 5. The maximum Gasteiger partial charge on any atom is 0.127 e. The van der Waals surface area contributed by atoms with E-state index in [9.17, 15) is 0 Å². The van der Waals surface area contributed by atoms with Crippen LogP contribution in [0, 0.1) is 5.92 Å². The maximum atomic E-state index is 8.75. The van der Waals surface area contributed by atoms with E-state index in [0.717, 1.165) is 30.8 Å². The van der Waals surface area contributed by atoms with Crippen molar-refractivity contribution in [3.05, 3.63) is 34.9 Å². The molecule has 1 N–H and O–H groups in total. The highest BCUT2D eigenvalue weighted by molar-refractivity contribution is 5.54. The summed E-state index contributed by atoms with van der Waals surface area (Å²) in [5.41, 5.74) is 3.76. The van der Waals surface area contributed by atoms with Crippen molar-refractivity contribution < 1.29 is 24.1 Å². The predicted molar refractivity (Wildman–Crippen MR) is 128 cm³/mol. The molecule has 0 saturated heterocycles. The molecular weight excluding hydrogens is 404 g/mol. The second kappa shape index (κ2) is 12.1. The van der Waals surface area contributed by atoms with E-state index in [1.807, 2.05) is 0 Å². The number of aryl methyl sites for hydroxylation is 1. The minimum absolute atomic E-state index is 0.0395. The van der Waals surface area contributed by atoms with E-state index in [2.05, 4.69) is 45.9 Å². The summed E-state index contributed by atoms with van der Waals surface area (Å²) in [7, 11) is 0. The van der Waals surface area contributed by atoms with Crippen LogP contribution in [0.1, 0.15) is 76.8 Å². The van der Waals surface area contributed by atoms with Crippen LogP contribution in [0.25, 0.3) is 0 Å². The highest BCUT2D eigenvalue weighted by Gasteiger charge is 2.45. The summed E-state index contributed by atoms with van der Waals surface area (Å²) in [6.07, 6.45) is 9.40. The lowest BCUT2D eigenvalue weighted by Gasteiger charge is -2.46. The number of unbranched alkanes of at least 4 members (excludes halogenated alkanes) is 2. The Bertz CT molecular complexity index is 755. The topological polar surface area (TPSA) is 57.2 Å². The summed E-state index contributed by atoms with van der Waals surface area (Å²) in [5, 5.41) is 8.75. The molecule has 5 heteroatoms. The molecule has 0 amide bonds. The van der Waals surface area contributed by atoms with Gasteiger partial charge >= 0.3 is 0 Å². The van der Waals surface area contributed by atoms with Gasteiger partial charge < -0.3 is 24.1 Å². The standard InChI is InChI=1S/C27H42O5/c1-5-6-7-8-21-18-24(31-16-15-30-14-13-29-12-11-28)26-22-17-20(2)9-10-23(22)27(3,4)32-25(26)19-21/h17-19,22-23,28H,5-16H2,1-4H3/t22-,23-/m1/s1. The van der Waals surface area contributed by atoms with Crippen LogP contribution < -0.4 is 9.47 Å². The van der Waals surface area contributed by atoms with Gasteiger partial charge in [-0.15, -0.1) is 0 Å². The Balaban J connectivity index is 1.77. The Kier molecular flexibility index (Phi) is 9.45. The van der Waals surface area contributed by atoms with Crippen molar-refractivity contribution in [2.75, 3.05) is 39.6 Å². The summed E-state index contributed by atoms with van der Waals surface area (Å²) in [6, 6.07) is 4.48. The molecule has 1 aliphatic heterocycles. The number of hydrogen-bond donors (Lipinski definition) is 1. The zero-order valence-electron chi connectivity index (χ0n) is 20.5. The first-order valence-corrected chi connectivity index (χ1v) is 12.4. The van der Waals surface area contributed by atoms with Crippen LogP contribution in [0.3, 0.4) is 0 Å². The van der Waals surface area contributed by atoms with Gasteiger partial charge in [0.15, 0.2) is 0 Å². The van der Waals surface area contributed by atoms with E-state index in [1.165, 1.54) is 36.0 Å². The molecule has 1 heterocycles. The van der Waals surface area contributed by atoms with Gasteiger partial charge in [-0.2, -0.15) is 0 Å².